The van der Waals surface area contributed by atoms with Crippen LogP contribution < -0.4 is 15.5 Å². The molecule has 1 unspecified atom stereocenters. The SMILES string of the molecule is CNCC(=O)NC1CCCN(c2ccccc2Cl)C1=O. The van der Waals surface area contributed by atoms with Crippen LogP contribution in [0.3, 0.4) is 0 Å². The van der Waals surface area contributed by atoms with Gasteiger partial charge in [-0.2, -0.15) is 0 Å². The van der Waals surface area contributed by atoms with Crippen molar-refractivity contribution in [3.63, 3.8) is 0 Å². The minimum Gasteiger partial charge on any atom is -0.343 e. The number of hydrogen-bond acceptors (Lipinski definition) is 3. The molecule has 0 bridgehead atoms. The molecular weight excluding hydrogens is 278 g/mol. The zero-order valence-electron chi connectivity index (χ0n) is 11.4. The third kappa shape index (κ3) is 3.29. The molecule has 2 amide bonds. The van der Waals surface area contributed by atoms with E-state index in [1.807, 2.05) is 18.2 Å². The zero-order valence-corrected chi connectivity index (χ0v) is 12.1. The number of amides is 2. The molecule has 1 aromatic rings. The minimum atomic E-state index is -0.471. The van der Waals surface area contributed by atoms with Crippen molar-refractivity contribution < 1.29 is 9.59 Å². The molecule has 0 spiro atoms. The highest BCUT2D eigenvalue weighted by molar-refractivity contribution is 6.33. The van der Waals surface area contributed by atoms with Gasteiger partial charge in [0, 0.05) is 6.54 Å². The Labute approximate surface area is 123 Å². The van der Waals surface area contributed by atoms with Crippen molar-refractivity contribution in [1.29, 1.82) is 0 Å². The van der Waals surface area contributed by atoms with Crippen LogP contribution in [0.15, 0.2) is 24.3 Å². The van der Waals surface area contributed by atoms with Crippen molar-refractivity contribution in [3.8, 4) is 0 Å². The first kappa shape index (κ1) is 14.8. The topological polar surface area (TPSA) is 61.4 Å². The second kappa shape index (κ2) is 6.72. The molecule has 1 saturated heterocycles. The summed E-state index contributed by atoms with van der Waals surface area (Å²) >= 11 is 6.13. The first-order valence-corrected chi connectivity index (χ1v) is 7.01. The van der Waals surface area contributed by atoms with E-state index >= 15 is 0 Å². The molecule has 1 aliphatic rings. The number of likely N-dealkylation sites (N-methyl/N-ethyl adjacent to an activating group) is 1. The Bertz CT molecular complexity index is 507. The molecule has 108 valence electrons. The van der Waals surface area contributed by atoms with Crippen molar-refractivity contribution in [1.82, 2.24) is 10.6 Å². The summed E-state index contributed by atoms with van der Waals surface area (Å²) in [6.07, 6.45) is 1.50. The Morgan fingerprint density at radius 1 is 1.45 bits per heavy atom. The maximum atomic E-state index is 12.5. The van der Waals surface area contributed by atoms with Gasteiger partial charge >= 0.3 is 0 Å². The Kier molecular flexibility index (Phi) is 4.98. The average Bonchev–Trinajstić information content (AvgIpc) is 2.42. The molecule has 2 rings (SSSR count). The summed E-state index contributed by atoms with van der Waals surface area (Å²) in [6.45, 7) is 0.830. The number of rotatable bonds is 4. The van der Waals surface area contributed by atoms with Gasteiger partial charge in [-0.1, -0.05) is 23.7 Å². The van der Waals surface area contributed by atoms with Gasteiger partial charge in [-0.15, -0.1) is 0 Å². The highest BCUT2D eigenvalue weighted by Gasteiger charge is 2.31. The van der Waals surface area contributed by atoms with E-state index in [9.17, 15) is 9.59 Å². The van der Waals surface area contributed by atoms with Crippen LogP contribution in [0.25, 0.3) is 0 Å². The molecule has 1 aromatic carbocycles. The highest BCUT2D eigenvalue weighted by Crippen LogP contribution is 2.28. The standard InChI is InChI=1S/C14H18ClN3O2/c1-16-9-13(19)17-11-6-4-8-18(14(11)20)12-7-3-2-5-10(12)15/h2-3,5,7,11,16H,4,6,8-9H2,1H3,(H,17,19). The van der Waals surface area contributed by atoms with Crippen LogP contribution in [0.5, 0.6) is 0 Å². The number of hydrogen-bond donors (Lipinski definition) is 2. The quantitative estimate of drug-likeness (QED) is 0.876. The second-order valence-electron chi connectivity index (χ2n) is 4.73. The number of piperidine rings is 1. The number of carbonyl (C=O) groups excluding carboxylic acids is 2. The largest absolute Gasteiger partial charge is 0.343 e. The Morgan fingerprint density at radius 2 is 2.20 bits per heavy atom. The molecule has 20 heavy (non-hydrogen) atoms. The van der Waals surface area contributed by atoms with Crippen LogP contribution in [0.1, 0.15) is 12.8 Å². The highest BCUT2D eigenvalue weighted by atomic mass is 35.5. The Morgan fingerprint density at radius 3 is 2.90 bits per heavy atom. The number of carbonyl (C=O) groups is 2. The lowest BCUT2D eigenvalue weighted by atomic mass is 10.0. The van der Waals surface area contributed by atoms with E-state index < -0.39 is 6.04 Å². The van der Waals surface area contributed by atoms with Gasteiger partial charge in [0.15, 0.2) is 0 Å². The van der Waals surface area contributed by atoms with Crippen LogP contribution in [0.2, 0.25) is 5.02 Å². The fourth-order valence-corrected chi connectivity index (χ4v) is 2.56. The summed E-state index contributed by atoms with van der Waals surface area (Å²) in [5.74, 6) is -0.277. The van der Waals surface area contributed by atoms with Crippen LogP contribution in [-0.2, 0) is 9.59 Å². The fraction of sp³-hybridized carbons (Fsp3) is 0.429. The smallest absolute Gasteiger partial charge is 0.249 e. The van der Waals surface area contributed by atoms with Gasteiger partial charge in [0.1, 0.15) is 6.04 Å². The lowest BCUT2D eigenvalue weighted by Gasteiger charge is -2.33. The summed E-state index contributed by atoms with van der Waals surface area (Å²) in [4.78, 5) is 25.7. The second-order valence-corrected chi connectivity index (χ2v) is 5.14. The molecule has 0 aliphatic carbocycles. The molecule has 5 nitrogen and oxygen atoms in total. The summed E-state index contributed by atoms with van der Waals surface area (Å²) < 4.78 is 0. The predicted octanol–water partition coefficient (Wildman–Crippen LogP) is 1.17. The number of nitrogens with one attached hydrogen (secondary N) is 2. The molecule has 0 saturated carbocycles. The Balaban J connectivity index is 2.11. The van der Waals surface area contributed by atoms with E-state index in [2.05, 4.69) is 10.6 Å². The van der Waals surface area contributed by atoms with Gasteiger partial charge in [-0.25, -0.2) is 0 Å². The Hall–Kier alpha value is -1.59. The number of nitrogens with zero attached hydrogens (tertiary/aromatic N) is 1. The van der Waals surface area contributed by atoms with Crippen molar-refractivity contribution in [3.05, 3.63) is 29.3 Å². The predicted molar refractivity (Wildman–Crippen MR) is 78.9 cm³/mol. The molecule has 0 radical (unpaired) electrons. The average molecular weight is 296 g/mol. The van der Waals surface area contributed by atoms with Crippen molar-refractivity contribution in [2.24, 2.45) is 0 Å². The van der Waals surface area contributed by atoms with Crippen molar-refractivity contribution in [2.75, 3.05) is 25.0 Å². The number of anilines is 1. The molecule has 1 heterocycles. The van der Waals surface area contributed by atoms with Crippen molar-refractivity contribution >= 4 is 29.1 Å². The molecule has 6 heteroatoms. The molecule has 0 aromatic heterocycles. The summed E-state index contributed by atoms with van der Waals surface area (Å²) in [5.41, 5.74) is 0.701. The first-order chi connectivity index (χ1) is 9.63. The third-order valence-corrected chi connectivity index (χ3v) is 3.57. The van der Waals surface area contributed by atoms with Gasteiger partial charge in [0.25, 0.3) is 0 Å². The van der Waals surface area contributed by atoms with E-state index in [0.717, 1.165) is 6.42 Å². The van der Waals surface area contributed by atoms with E-state index in [-0.39, 0.29) is 18.4 Å². The zero-order chi connectivity index (χ0) is 14.5. The molecule has 1 fully saturated rings. The van der Waals surface area contributed by atoms with E-state index in [0.29, 0.717) is 23.7 Å². The summed E-state index contributed by atoms with van der Waals surface area (Å²) in [6, 6.07) is 6.77. The third-order valence-electron chi connectivity index (χ3n) is 3.25. The number of benzene rings is 1. The summed E-state index contributed by atoms with van der Waals surface area (Å²) in [5, 5.41) is 6.06. The minimum absolute atomic E-state index is 0.103. The van der Waals surface area contributed by atoms with Crippen LogP contribution in [-0.4, -0.2) is 38.0 Å². The molecule has 1 aliphatic heterocycles. The van der Waals surface area contributed by atoms with Gasteiger partial charge in [-0.3, -0.25) is 9.59 Å². The van der Waals surface area contributed by atoms with E-state index in [1.54, 1.807) is 18.0 Å². The van der Waals surface area contributed by atoms with Crippen molar-refractivity contribution in [2.45, 2.75) is 18.9 Å². The summed E-state index contributed by atoms with van der Waals surface area (Å²) in [7, 11) is 1.69. The van der Waals surface area contributed by atoms with Crippen LogP contribution in [0.4, 0.5) is 5.69 Å². The van der Waals surface area contributed by atoms with E-state index in [1.165, 1.54) is 0 Å². The maximum absolute atomic E-state index is 12.5. The van der Waals surface area contributed by atoms with Crippen LogP contribution >= 0.6 is 11.6 Å². The maximum Gasteiger partial charge on any atom is 0.249 e. The normalized spacial score (nSPS) is 19.0. The molecule has 2 N–H and O–H groups in total. The van der Waals surface area contributed by atoms with Gasteiger partial charge in [0.05, 0.1) is 17.3 Å². The van der Waals surface area contributed by atoms with Gasteiger partial charge in [-0.05, 0) is 32.0 Å². The van der Waals surface area contributed by atoms with Gasteiger partial charge < -0.3 is 15.5 Å². The number of para-hydroxylation sites is 1. The fourth-order valence-electron chi connectivity index (χ4n) is 2.32. The first-order valence-electron chi connectivity index (χ1n) is 6.63. The lowest BCUT2D eigenvalue weighted by Crippen LogP contribution is -2.53. The van der Waals surface area contributed by atoms with Gasteiger partial charge in [0.2, 0.25) is 11.8 Å². The van der Waals surface area contributed by atoms with Crippen LogP contribution in [0, 0.1) is 0 Å². The number of halogens is 1. The monoisotopic (exact) mass is 295 g/mol. The lowest BCUT2D eigenvalue weighted by molar-refractivity contribution is -0.128. The molecular formula is C14H18ClN3O2. The molecule has 1 atom stereocenters. The van der Waals surface area contributed by atoms with E-state index in [4.69, 9.17) is 11.6 Å².